The first-order valence-corrected chi connectivity index (χ1v) is 15.2. The Morgan fingerprint density at radius 2 is 1.39 bits per heavy atom. The van der Waals surface area contributed by atoms with Gasteiger partial charge in [0.15, 0.2) is 0 Å². The monoisotopic (exact) mass is 517 g/mol. The van der Waals surface area contributed by atoms with Crippen molar-refractivity contribution >= 4 is 28.5 Å². The topological polar surface area (TPSA) is 99.8 Å². The molecule has 0 aliphatic carbocycles. The molecule has 0 saturated heterocycles. The number of amides is 2. The number of H-pyrrole nitrogens is 1. The van der Waals surface area contributed by atoms with Crippen molar-refractivity contribution in [1.82, 2.24) is 15.2 Å². The van der Waals surface area contributed by atoms with Gasteiger partial charge in [0.2, 0.25) is 5.16 Å². The van der Waals surface area contributed by atoms with Gasteiger partial charge in [-0.2, -0.15) is 4.98 Å². The summed E-state index contributed by atoms with van der Waals surface area (Å²) in [6, 6.07) is 5.69. The standard InChI is InChI=1S/C28H47N5O2S/c1-6-7-8-9-10-11-12-13-14-15-16-20-36(35)28-31-26(32-33-28)30-27(34)29-25-23(21(2)3)18-17-19-24(25)22(4)5/h17-19,21-22H,6-16,20H2,1-5H3,(H3,29,30,31,32,33,34). The zero-order valence-electron chi connectivity index (χ0n) is 23.0. The fraction of sp³-hybridized carbons (Fsp3) is 0.679. The molecule has 1 aromatic heterocycles. The van der Waals surface area contributed by atoms with E-state index in [4.69, 9.17) is 0 Å². The Balaban J connectivity index is 1.74. The minimum atomic E-state index is -1.25. The molecule has 202 valence electrons. The predicted molar refractivity (Wildman–Crippen MR) is 151 cm³/mol. The Morgan fingerprint density at radius 1 is 0.861 bits per heavy atom. The summed E-state index contributed by atoms with van der Waals surface area (Å²) in [5.74, 6) is 1.22. The van der Waals surface area contributed by atoms with Crippen LogP contribution in [0.3, 0.4) is 0 Å². The summed E-state index contributed by atoms with van der Waals surface area (Å²) in [6.45, 7) is 10.7. The highest BCUT2D eigenvalue weighted by molar-refractivity contribution is 7.84. The second-order valence-electron chi connectivity index (χ2n) is 10.2. The van der Waals surface area contributed by atoms with E-state index in [1.807, 2.05) is 18.2 Å². The quantitative estimate of drug-likeness (QED) is 0.184. The molecule has 36 heavy (non-hydrogen) atoms. The van der Waals surface area contributed by atoms with Crippen LogP contribution in [-0.2, 0) is 10.8 Å². The van der Waals surface area contributed by atoms with Crippen LogP contribution in [0, 0.1) is 0 Å². The maximum absolute atomic E-state index is 12.7. The number of unbranched alkanes of at least 4 members (excludes halogenated alkanes) is 10. The minimum Gasteiger partial charge on any atom is -0.307 e. The summed E-state index contributed by atoms with van der Waals surface area (Å²) in [4.78, 5) is 16.9. The predicted octanol–water partition coefficient (Wildman–Crippen LogP) is 8.11. The second-order valence-corrected chi connectivity index (χ2v) is 11.7. The second kappa shape index (κ2) is 16.5. The van der Waals surface area contributed by atoms with E-state index in [1.54, 1.807) is 0 Å². The van der Waals surface area contributed by atoms with E-state index < -0.39 is 16.8 Å². The summed E-state index contributed by atoms with van der Waals surface area (Å²) in [5, 5.41) is 12.7. The van der Waals surface area contributed by atoms with Gasteiger partial charge in [-0.25, -0.2) is 4.79 Å². The van der Waals surface area contributed by atoms with Crippen LogP contribution < -0.4 is 10.6 Å². The average Bonchev–Trinajstić information content (AvgIpc) is 3.30. The fourth-order valence-electron chi connectivity index (χ4n) is 4.34. The molecule has 2 aromatic rings. The zero-order chi connectivity index (χ0) is 26.3. The van der Waals surface area contributed by atoms with Crippen molar-refractivity contribution in [2.24, 2.45) is 0 Å². The number of nitrogens with zero attached hydrogens (tertiary/aromatic N) is 2. The smallest absolute Gasteiger partial charge is 0.307 e. The van der Waals surface area contributed by atoms with Crippen LogP contribution >= 0.6 is 0 Å². The van der Waals surface area contributed by atoms with Gasteiger partial charge in [0.05, 0.1) is 10.8 Å². The number of nitrogens with one attached hydrogen (secondary N) is 3. The summed E-state index contributed by atoms with van der Waals surface area (Å²) in [5.41, 5.74) is 3.00. The van der Waals surface area contributed by atoms with Gasteiger partial charge in [0.25, 0.3) is 5.95 Å². The molecule has 0 spiro atoms. The number of anilines is 2. The number of rotatable bonds is 17. The highest BCUT2D eigenvalue weighted by Gasteiger charge is 2.17. The number of urea groups is 1. The van der Waals surface area contributed by atoms with E-state index in [9.17, 15) is 9.00 Å². The molecule has 1 unspecified atom stereocenters. The SMILES string of the molecule is CCCCCCCCCCCCCS(=O)c1nc(NC(=O)Nc2c(C(C)C)cccc2C(C)C)n[nH]1. The number of benzene rings is 1. The summed E-state index contributed by atoms with van der Waals surface area (Å²) < 4.78 is 12.6. The van der Waals surface area contributed by atoms with Gasteiger partial charge < -0.3 is 5.32 Å². The van der Waals surface area contributed by atoms with Crippen LogP contribution in [0.15, 0.2) is 23.4 Å². The van der Waals surface area contributed by atoms with Crippen molar-refractivity contribution < 1.29 is 9.00 Å². The maximum Gasteiger partial charge on any atom is 0.326 e. The number of aromatic amines is 1. The number of hydrogen-bond donors (Lipinski definition) is 3. The van der Waals surface area contributed by atoms with Gasteiger partial charge in [-0.15, -0.1) is 5.10 Å². The van der Waals surface area contributed by atoms with Crippen LogP contribution in [0.1, 0.15) is 128 Å². The lowest BCUT2D eigenvalue weighted by Gasteiger charge is -2.20. The molecule has 1 aromatic carbocycles. The first kappa shape index (κ1) is 30.0. The average molecular weight is 518 g/mol. The number of carbonyl (C=O) groups excluding carboxylic acids is 1. The molecule has 0 fully saturated rings. The van der Waals surface area contributed by atoms with Crippen molar-refractivity contribution in [3.63, 3.8) is 0 Å². The molecule has 1 heterocycles. The van der Waals surface area contributed by atoms with Crippen molar-refractivity contribution in [3.05, 3.63) is 29.3 Å². The van der Waals surface area contributed by atoms with Gasteiger partial charge in [-0.1, -0.05) is 117 Å². The molecular weight excluding hydrogens is 470 g/mol. The van der Waals surface area contributed by atoms with Gasteiger partial charge in [-0.05, 0) is 29.4 Å². The van der Waals surface area contributed by atoms with Gasteiger partial charge in [0, 0.05) is 11.4 Å². The molecule has 8 heteroatoms. The summed E-state index contributed by atoms with van der Waals surface area (Å²) in [6.07, 6.45) is 13.8. The normalized spacial score (nSPS) is 12.3. The fourth-order valence-corrected chi connectivity index (χ4v) is 5.34. The molecule has 1 atom stereocenters. The molecular formula is C28H47N5O2S. The summed E-state index contributed by atoms with van der Waals surface area (Å²) in [7, 11) is -1.25. The third kappa shape index (κ3) is 10.4. The minimum absolute atomic E-state index is 0.128. The first-order chi connectivity index (χ1) is 17.3. The largest absolute Gasteiger partial charge is 0.326 e. The van der Waals surface area contributed by atoms with Crippen LogP contribution in [0.4, 0.5) is 16.4 Å². The molecule has 0 bridgehead atoms. The molecule has 7 nitrogen and oxygen atoms in total. The van der Waals surface area contributed by atoms with Crippen LogP contribution in [0.2, 0.25) is 0 Å². The first-order valence-electron chi connectivity index (χ1n) is 13.8. The Hall–Kier alpha value is -2.22. The molecule has 0 aliphatic rings. The number of para-hydroxylation sites is 1. The van der Waals surface area contributed by atoms with Crippen molar-refractivity contribution in [3.8, 4) is 0 Å². The van der Waals surface area contributed by atoms with E-state index in [2.05, 4.69) is 60.4 Å². The van der Waals surface area contributed by atoms with E-state index in [0.717, 1.165) is 29.7 Å². The van der Waals surface area contributed by atoms with Gasteiger partial charge in [-0.3, -0.25) is 14.6 Å². The highest BCUT2D eigenvalue weighted by Crippen LogP contribution is 2.32. The van der Waals surface area contributed by atoms with Crippen LogP contribution in [-0.4, -0.2) is 31.2 Å². The van der Waals surface area contributed by atoms with Crippen molar-refractivity contribution in [2.45, 2.75) is 122 Å². The highest BCUT2D eigenvalue weighted by atomic mass is 32.2. The number of hydrogen-bond acceptors (Lipinski definition) is 4. The molecule has 0 radical (unpaired) electrons. The maximum atomic E-state index is 12.7. The molecule has 2 rings (SSSR count). The molecule has 2 amide bonds. The van der Waals surface area contributed by atoms with Crippen molar-refractivity contribution in [1.29, 1.82) is 0 Å². The Morgan fingerprint density at radius 3 is 1.92 bits per heavy atom. The lowest BCUT2D eigenvalue weighted by molar-refractivity contribution is 0.262. The third-order valence-corrected chi connectivity index (χ3v) is 7.72. The molecule has 3 N–H and O–H groups in total. The summed E-state index contributed by atoms with van der Waals surface area (Å²) >= 11 is 0. The van der Waals surface area contributed by atoms with E-state index in [-0.39, 0.29) is 17.8 Å². The van der Waals surface area contributed by atoms with E-state index in [0.29, 0.717) is 10.9 Å². The lowest BCUT2D eigenvalue weighted by Crippen LogP contribution is -2.22. The van der Waals surface area contributed by atoms with Crippen LogP contribution in [0.25, 0.3) is 0 Å². The zero-order valence-corrected chi connectivity index (χ0v) is 23.8. The molecule has 0 aliphatic heterocycles. The van der Waals surface area contributed by atoms with Gasteiger partial charge in [0.1, 0.15) is 0 Å². The van der Waals surface area contributed by atoms with Gasteiger partial charge >= 0.3 is 6.03 Å². The van der Waals surface area contributed by atoms with Crippen molar-refractivity contribution in [2.75, 3.05) is 16.4 Å². The van der Waals surface area contributed by atoms with E-state index >= 15 is 0 Å². The lowest BCUT2D eigenvalue weighted by atomic mass is 9.93. The van der Waals surface area contributed by atoms with Crippen LogP contribution in [0.5, 0.6) is 0 Å². The Kier molecular flexibility index (Phi) is 13.8. The number of aromatic nitrogens is 3. The number of carbonyl (C=O) groups is 1. The third-order valence-electron chi connectivity index (χ3n) is 6.45. The van der Waals surface area contributed by atoms with E-state index in [1.165, 1.54) is 57.8 Å². The Labute approximate surface area is 220 Å². The molecule has 0 saturated carbocycles. The Bertz CT molecular complexity index is 916.